The van der Waals surface area contributed by atoms with Crippen molar-refractivity contribution in [1.29, 1.82) is 0 Å². The van der Waals surface area contributed by atoms with E-state index in [0.717, 1.165) is 24.3 Å². The van der Waals surface area contributed by atoms with Crippen LogP contribution in [0, 0.1) is 17.8 Å². The zero-order chi connectivity index (χ0) is 27.4. The van der Waals surface area contributed by atoms with E-state index in [1.165, 1.54) is 68.3 Å². The summed E-state index contributed by atoms with van der Waals surface area (Å²) in [5.41, 5.74) is 5.55. The number of aromatic nitrogens is 1. The lowest BCUT2D eigenvalue weighted by Gasteiger charge is -2.28. The summed E-state index contributed by atoms with van der Waals surface area (Å²) in [5, 5.41) is 6.47. The van der Waals surface area contributed by atoms with Crippen LogP contribution in [0.2, 0.25) is 0 Å². The number of thiophene rings is 2. The van der Waals surface area contributed by atoms with Gasteiger partial charge in [0.05, 0.1) is 20.3 Å². The van der Waals surface area contributed by atoms with Gasteiger partial charge in [0.2, 0.25) is 5.69 Å². The summed E-state index contributed by atoms with van der Waals surface area (Å²) in [4.78, 5) is 1.47. The molecular formula is C35H36NOS2+. The number of aryl methyl sites for hydroxylation is 2. The Morgan fingerprint density at radius 3 is 2.23 bits per heavy atom. The quantitative estimate of drug-likeness (QED) is 0.195. The smallest absolute Gasteiger partial charge is 0.228 e. The fourth-order valence-corrected chi connectivity index (χ4v) is 9.31. The van der Waals surface area contributed by atoms with Crippen molar-refractivity contribution in [3.63, 3.8) is 0 Å². The molecule has 4 heterocycles. The Morgan fingerprint density at radius 2 is 1.51 bits per heavy atom. The number of fused-ring (bicyclic) bond motifs is 7. The van der Waals surface area contributed by atoms with Crippen LogP contribution in [0.1, 0.15) is 57.5 Å². The summed E-state index contributed by atoms with van der Waals surface area (Å²) < 4.78 is 13.6. The van der Waals surface area contributed by atoms with Crippen LogP contribution in [0.25, 0.3) is 52.3 Å². The highest BCUT2D eigenvalue weighted by Gasteiger charge is 2.35. The van der Waals surface area contributed by atoms with Crippen LogP contribution in [0.15, 0.2) is 48.7 Å². The summed E-state index contributed by atoms with van der Waals surface area (Å²) >= 11 is 3.86. The molecule has 3 aromatic heterocycles. The first kappa shape index (κ1) is 25.0. The van der Waals surface area contributed by atoms with Gasteiger partial charge in [0.1, 0.15) is 12.8 Å². The molecule has 0 spiro atoms. The van der Waals surface area contributed by atoms with E-state index >= 15 is 0 Å². The van der Waals surface area contributed by atoms with Crippen molar-refractivity contribution in [2.45, 2.75) is 61.3 Å². The monoisotopic (exact) mass is 550 g/mol. The van der Waals surface area contributed by atoms with Gasteiger partial charge in [-0.2, -0.15) is 0 Å². The van der Waals surface area contributed by atoms with Crippen molar-refractivity contribution in [1.82, 2.24) is 0 Å². The van der Waals surface area contributed by atoms with Gasteiger partial charge in [-0.05, 0) is 64.5 Å². The third kappa shape index (κ3) is 3.90. The van der Waals surface area contributed by atoms with Gasteiger partial charge >= 0.3 is 0 Å². The topological polar surface area (TPSA) is 13.1 Å². The van der Waals surface area contributed by atoms with Gasteiger partial charge in [-0.3, -0.25) is 0 Å². The largest absolute Gasteiger partial charge is 0.454 e. The highest BCUT2D eigenvalue weighted by molar-refractivity contribution is 7.33. The normalized spacial score (nSPS) is 13.5. The van der Waals surface area contributed by atoms with E-state index < -0.39 is 0 Å². The van der Waals surface area contributed by atoms with Crippen LogP contribution >= 0.6 is 22.7 Å². The highest BCUT2D eigenvalue weighted by Crippen LogP contribution is 2.56. The van der Waals surface area contributed by atoms with Crippen molar-refractivity contribution in [2.75, 3.05) is 0 Å². The van der Waals surface area contributed by atoms with Gasteiger partial charge in [0.15, 0.2) is 11.9 Å². The Hall–Kier alpha value is -2.95. The molecule has 0 saturated carbocycles. The zero-order valence-corrected chi connectivity index (χ0v) is 25.8. The molecule has 2 nitrogen and oxygen atoms in total. The fourth-order valence-electron chi connectivity index (χ4n) is 6.41. The van der Waals surface area contributed by atoms with Crippen molar-refractivity contribution >= 4 is 63.7 Å². The SMILES string of the molecule is Cc1c2c(c(CC(C)(C)C)c3ccccc13)Oc1c3sc4cc(CC(C)(C)C)sc4c3cc3cc[n+](C)c-2c13. The molecule has 198 valence electrons. The van der Waals surface area contributed by atoms with Gasteiger partial charge in [-0.1, -0.05) is 65.8 Å². The minimum absolute atomic E-state index is 0.130. The Morgan fingerprint density at radius 1 is 0.795 bits per heavy atom. The molecule has 1 aliphatic rings. The number of ether oxygens (including phenoxy) is 1. The van der Waals surface area contributed by atoms with E-state index in [1.807, 2.05) is 22.7 Å². The molecule has 39 heavy (non-hydrogen) atoms. The third-order valence-corrected chi connectivity index (χ3v) is 10.4. The molecule has 0 bridgehead atoms. The van der Waals surface area contributed by atoms with Crippen LogP contribution in [0.5, 0.6) is 11.5 Å². The molecule has 3 aromatic carbocycles. The average Bonchev–Trinajstić information content (AvgIpc) is 3.39. The van der Waals surface area contributed by atoms with Gasteiger partial charge in [0, 0.05) is 26.6 Å². The number of rotatable bonds is 2. The summed E-state index contributed by atoms with van der Waals surface area (Å²) in [6, 6.07) is 16.0. The summed E-state index contributed by atoms with van der Waals surface area (Å²) in [6.07, 6.45) is 4.29. The predicted molar refractivity (Wildman–Crippen MR) is 170 cm³/mol. The lowest BCUT2D eigenvalue weighted by atomic mass is 9.82. The number of pyridine rings is 1. The maximum atomic E-state index is 7.20. The third-order valence-electron chi connectivity index (χ3n) is 7.92. The predicted octanol–water partition coefficient (Wildman–Crippen LogP) is 10.5. The Kier molecular flexibility index (Phi) is 5.32. The standard InChI is InChI=1S/C35H36NOS2/c1-19-22-11-9-10-12-23(22)25(18-35(5,6)7)30-27(19)29-28-20(13-14-36(29)8)15-24-32-26(39-33(24)31(28)37-30)16-21(38-32)17-34(2,3)4/h9-16H,17-18H2,1-8H3/q+1. The molecule has 0 saturated heterocycles. The molecule has 0 unspecified atom stereocenters. The molecule has 6 aromatic rings. The van der Waals surface area contributed by atoms with Gasteiger partial charge < -0.3 is 4.74 Å². The second kappa shape index (κ2) is 8.28. The maximum absolute atomic E-state index is 7.20. The summed E-state index contributed by atoms with van der Waals surface area (Å²) in [6.45, 7) is 16.2. The maximum Gasteiger partial charge on any atom is 0.228 e. The van der Waals surface area contributed by atoms with Crippen molar-refractivity contribution in [2.24, 2.45) is 17.9 Å². The number of hydrogen-bond donors (Lipinski definition) is 0. The lowest BCUT2D eigenvalue weighted by Crippen LogP contribution is -2.32. The van der Waals surface area contributed by atoms with E-state index in [0.29, 0.717) is 0 Å². The van der Waals surface area contributed by atoms with Crippen molar-refractivity contribution < 1.29 is 9.30 Å². The minimum Gasteiger partial charge on any atom is -0.454 e. The summed E-state index contributed by atoms with van der Waals surface area (Å²) in [7, 11) is 2.18. The average molecular weight is 551 g/mol. The molecule has 0 aliphatic carbocycles. The second-order valence-electron chi connectivity index (χ2n) is 13.8. The number of nitrogens with zero attached hydrogens (tertiary/aromatic N) is 1. The van der Waals surface area contributed by atoms with E-state index in [9.17, 15) is 0 Å². The van der Waals surface area contributed by atoms with Crippen LogP contribution in [-0.4, -0.2) is 0 Å². The van der Waals surface area contributed by atoms with E-state index in [2.05, 4.69) is 109 Å². The molecule has 0 atom stereocenters. The molecule has 0 N–H and O–H groups in total. The van der Waals surface area contributed by atoms with Crippen LogP contribution < -0.4 is 9.30 Å². The Bertz CT molecular complexity index is 1970. The van der Waals surface area contributed by atoms with Gasteiger partial charge in [-0.25, -0.2) is 4.57 Å². The number of benzene rings is 3. The highest BCUT2D eigenvalue weighted by atomic mass is 32.1. The molecular weight excluding hydrogens is 515 g/mol. The molecule has 7 rings (SSSR count). The number of hydrogen-bond acceptors (Lipinski definition) is 3. The van der Waals surface area contributed by atoms with Crippen molar-refractivity contribution in [3.8, 4) is 22.8 Å². The van der Waals surface area contributed by atoms with Crippen LogP contribution in [0.3, 0.4) is 0 Å². The fraction of sp³-hybridized carbons (Fsp3) is 0.343. The van der Waals surface area contributed by atoms with Gasteiger partial charge in [-0.15, -0.1) is 22.7 Å². The molecule has 0 amide bonds. The minimum atomic E-state index is 0.130. The Balaban J connectivity index is 1.58. The molecule has 0 radical (unpaired) electrons. The lowest BCUT2D eigenvalue weighted by molar-refractivity contribution is -0.659. The molecule has 0 fully saturated rings. The van der Waals surface area contributed by atoms with Crippen LogP contribution in [0.4, 0.5) is 0 Å². The van der Waals surface area contributed by atoms with Crippen LogP contribution in [-0.2, 0) is 19.9 Å². The molecule has 1 aliphatic heterocycles. The summed E-state index contributed by atoms with van der Waals surface area (Å²) in [5.74, 6) is 2.09. The van der Waals surface area contributed by atoms with Crippen molar-refractivity contribution in [3.05, 3.63) is 64.7 Å². The first-order valence-electron chi connectivity index (χ1n) is 13.9. The zero-order valence-electron chi connectivity index (χ0n) is 24.2. The Labute approximate surface area is 238 Å². The first-order valence-corrected chi connectivity index (χ1v) is 15.6. The van der Waals surface area contributed by atoms with E-state index in [4.69, 9.17) is 4.74 Å². The first-order chi connectivity index (χ1) is 18.4. The van der Waals surface area contributed by atoms with E-state index in [-0.39, 0.29) is 10.8 Å². The second-order valence-corrected chi connectivity index (χ2v) is 15.9. The van der Waals surface area contributed by atoms with E-state index in [1.54, 1.807) is 0 Å². The molecule has 4 heteroatoms. The van der Waals surface area contributed by atoms with Gasteiger partial charge in [0.25, 0.3) is 0 Å².